The fourth-order valence-electron chi connectivity index (χ4n) is 0.973. The SMILES string of the molecule is CC.N[C@@H](Cc1ccc(O)cc1)C(=O)O. The highest BCUT2D eigenvalue weighted by atomic mass is 16.4. The highest BCUT2D eigenvalue weighted by Crippen LogP contribution is 2.10. The second-order valence-electron chi connectivity index (χ2n) is 2.82. The van der Waals surface area contributed by atoms with Gasteiger partial charge in [-0.25, -0.2) is 0 Å². The molecule has 0 bridgehead atoms. The molecule has 4 N–H and O–H groups in total. The molecule has 0 saturated carbocycles. The van der Waals surface area contributed by atoms with Crippen molar-refractivity contribution in [3.63, 3.8) is 0 Å². The van der Waals surface area contributed by atoms with Crippen molar-refractivity contribution in [3.8, 4) is 5.75 Å². The maximum Gasteiger partial charge on any atom is 0.320 e. The van der Waals surface area contributed by atoms with Crippen LogP contribution in [0.15, 0.2) is 24.3 Å². The first-order valence-electron chi connectivity index (χ1n) is 4.86. The number of phenolic OH excluding ortho intramolecular Hbond substituents is 1. The Morgan fingerprint density at radius 3 is 2.20 bits per heavy atom. The van der Waals surface area contributed by atoms with Gasteiger partial charge < -0.3 is 15.9 Å². The summed E-state index contributed by atoms with van der Waals surface area (Å²) in [5, 5.41) is 17.5. The molecule has 1 aromatic rings. The number of hydrogen-bond donors (Lipinski definition) is 3. The van der Waals surface area contributed by atoms with Gasteiger partial charge in [-0.1, -0.05) is 26.0 Å². The zero-order valence-corrected chi connectivity index (χ0v) is 8.97. The third kappa shape index (κ3) is 5.02. The molecule has 84 valence electrons. The third-order valence-electron chi connectivity index (χ3n) is 1.71. The lowest BCUT2D eigenvalue weighted by Crippen LogP contribution is -2.32. The van der Waals surface area contributed by atoms with Crippen LogP contribution in [0.5, 0.6) is 5.75 Å². The number of hydrogen-bond acceptors (Lipinski definition) is 3. The van der Waals surface area contributed by atoms with Crippen molar-refractivity contribution in [3.05, 3.63) is 29.8 Å². The number of rotatable bonds is 3. The molecule has 15 heavy (non-hydrogen) atoms. The smallest absolute Gasteiger partial charge is 0.320 e. The largest absolute Gasteiger partial charge is 0.508 e. The van der Waals surface area contributed by atoms with Gasteiger partial charge in [-0.2, -0.15) is 0 Å². The van der Waals surface area contributed by atoms with Crippen molar-refractivity contribution in [2.45, 2.75) is 26.3 Å². The predicted molar refractivity (Wildman–Crippen MR) is 58.8 cm³/mol. The molecule has 1 rings (SSSR count). The number of aromatic hydroxyl groups is 1. The summed E-state index contributed by atoms with van der Waals surface area (Å²) in [4.78, 5) is 10.4. The number of carboxylic acids is 1. The molecule has 0 amide bonds. The van der Waals surface area contributed by atoms with Crippen LogP contribution >= 0.6 is 0 Å². The zero-order chi connectivity index (χ0) is 11.8. The molecule has 0 fully saturated rings. The molecule has 0 aliphatic heterocycles. The quantitative estimate of drug-likeness (QED) is 0.705. The minimum atomic E-state index is -1.02. The minimum Gasteiger partial charge on any atom is -0.508 e. The monoisotopic (exact) mass is 211 g/mol. The van der Waals surface area contributed by atoms with Gasteiger partial charge >= 0.3 is 5.97 Å². The fraction of sp³-hybridized carbons (Fsp3) is 0.364. The van der Waals surface area contributed by atoms with Crippen molar-refractivity contribution in [2.75, 3.05) is 0 Å². The van der Waals surface area contributed by atoms with E-state index in [1.807, 2.05) is 13.8 Å². The van der Waals surface area contributed by atoms with Crippen LogP contribution in [0.2, 0.25) is 0 Å². The van der Waals surface area contributed by atoms with Gasteiger partial charge in [0, 0.05) is 0 Å². The Morgan fingerprint density at radius 1 is 1.33 bits per heavy atom. The van der Waals surface area contributed by atoms with Gasteiger partial charge in [-0.05, 0) is 24.1 Å². The van der Waals surface area contributed by atoms with Gasteiger partial charge in [0.05, 0.1) is 0 Å². The minimum absolute atomic E-state index is 0.160. The Hall–Kier alpha value is -1.55. The molecule has 1 atom stereocenters. The van der Waals surface area contributed by atoms with Gasteiger partial charge in [-0.15, -0.1) is 0 Å². The summed E-state index contributed by atoms with van der Waals surface area (Å²) in [5.41, 5.74) is 6.12. The van der Waals surface area contributed by atoms with E-state index in [0.717, 1.165) is 5.56 Å². The van der Waals surface area contributed by atoms with Crippen molar-refractivity contribution < 1.29 is 15.0 Å². The normalized spacial score (nSPS) is 11.1. The Kier molecular flexibility index (Phi) is 6.13. The number of benzene rings is 1. The van der Waals surface area contributed by atoms with Gasteiger partial charge in [0.15, 0.2) is 0 Å². The Morgan fingerprint density at radius 2 is 1.80 bits per heavy atom. The summed E-state index contributed by atoms with van der Waals surface area (Å²) in [6.45, 7) is 4.00. The molecule has 0 aliphatic rings. The van der Waals surface area contributed by atoms with Crippen LogP contribution in [0.1, 0.15) is 19.4 Å². The van der Waals surface area contributed by atoms with E-state index in [-0.39, 0.29) is 12.2 Å². The number of nitrogens with two attached hydrogens (primary N) is 1. The second kappa shape index (κ2) is 6.84. The van der Waals surface area contributed by atoms with E-state index >= 15 is 0 Å². The summed E-state index contributed by atoms with van der Waals surface area (Å²) >= 11 is 0. The molecule has 0 unspecified atom stereocenters. The molecule has 0 aliphatic carbocycles. The lowest BCUT2D eigenvalue weighted by atomic mass is 10.1. The van der Waals surface area contributed by atoms with Crippen LogP contribution in [0.4, 0.5) is 0 Å². The van der Waals surface area contributed by atoms with Gasteiger partial charge in [0.1, 0.15) is 11.8 Å². The van der Waals surface area contributed by atoms with Crippen LogP contribution in [0.25, 0.3) is 0 Å². The first-order chi connectivity index (χ1) is 7.09. The highest BCUT2D eigenvalue weighted by Gasteiger charge is 2.11. The first-order valence-corrected chi connectivity index (χ1v) is 4.86. The van der Waals surface area contributed by atoms with Crippen molar-refractivity contribution in [1.29, 1.82) is 0 Å². The second-order valence-corrected chi connectivity index (χ2v) is 2.82. The fourth-order valence-corrected chi connectivity index (χ4v) is 0.973. The Labute approximate surface area is 89.4 Å². The summed E-state index contributed by atoms with van der Waals surface area (Å²) in [6, 6.07) is 5.42. The number of aliphatic carboxylic acids is 1. The first kappa shape index (κ1) is 13.4. The predicted octanol–water partition coefficient (Wildman–Crippen LogP) is 1.37. The van der Waals surface area contributed by atoms with Crippen LogP contribution in [0.3, 0.4) is 0 Å². The topological polar surface area (TPSA) is 83.5 Å². The lowest BCUT2D eigenvalue weighted by molar-refractivity contribution is -0.138. The summed E-state index contributed by atoms with van der Waals surface area (Å²) in [7, 11) is 0. The number of carboxylic acid groups (broad SMARTS) is 1. The van der Waals surface area contributed by atoms with Gasteiger partial charge in [-0.3, -0.25) is 4.79 Å². The Bertz CT molecular complexity index is 295. The molecule has 0 heterocycles. The van der Waals surface area contributed by atoms with Crippen LogP contribution in [-0.4, -0.2) is 22.2 Å². The summed E-state index contributed by atoms with van der Waals surface area (Å²) < 4.78 is 0. The standard InChI is InChI=1S/C9H11NO3.C2H6/c10-8(9(12)13)5-6-1-3-7(11)4-2-6;1-2/h1-4,8,11H,5,10H2,(H,12,13);1-2H3/t8-;/m0./s1. The maximum absolute atomic E-state index is 10.4. The van der Waals surface area contributed by atoms with E-state index < -0.39 is 12.0 Å². The van der Waals surface area contributed by atoms with E-state index in [9.17, 15) is 4.79 Å². The molecular formula is C11H17NO3. The molecule has 4 heteroatoms. The third-order valence-corrected chi connectivity index (χ3v) is 1.71. The Balaban J connectivity index is 0.000000921. The van der Waals surface area contributed by atoms with E-state index in [2.05, 4.69) is 0 Å². The zero-order valence-electron chi connectivity index (χ0n) is 8.97. The summed E-state index contributed by atoms with van der Waals surface area (Å²) in [5.74, 6) is -0.860. The highest BCUT2D eigenvalue weighted by molar-refractivity contribution is 5.73. The molecule has 1 aromatic carbocycles. The van der Waals surface area contributed by atoms with Crippen LogP contribution < -0.4 is 5.73 Å². The molecule has 0 radical (unpaired) electrons. The number of carbonyl (C=O) groups is 1. The molecule has 4 nitrogen and oxygen atoms in total. The van der Waals surface area contributed by atoms with E-state index in [1.54, 1.807) is 12.1 Å². The van der Waals surface area contributed by atoms with Gasteiger partial charge in [0.25, 0.3) is 0 Å². The molecule has 0 aromatic heterocycles. The van der Waals surface area contributed by atoms with Crippen molar-refractivity contribution >= 4 is 5.97 Å². The summed E-state index contributed by atoms with van der Waals surface area (Å²) in [6.07, 6.45) is 0.273. The van der Waals surface area contributed by atoms with E-state index in [4.69, 9.17) is 15.9 Å². The van der Waals surface area contributed by atoms with Crippen LogP contribution in [0, 0.1) is 0 Å². The van der Waals surface area contributed by atoms with E-state index in [0.29, 0.717) is 0 Å². The molecule has 0 spiro atoms. The molecular weight excluding hydrogens is 194 g/mol. The maximum atomic E-state index is 10.4. The average Bonchev–Trinajstić information content (AvgIpc) is 2.24. The van der Waals surface area contributed by atoms with Crippen LogP contribution in [-0.2, 0) is 11.2 Å². The molecule has 0 saturated heterocycles. The number of phenols is 1. The van der Waals surface area contributed by atoms with Gasteiger partial charge in [0.2, 0.25) is 0 Å². The lowest BCUT2D eigenvalue weighted by Gasteiger charge is -2.05. The van der Waals surface area contributed by atoms with E-state index in [1.165, 1.54) is 12.1 Å². The van der Waals surface area contributed by atoms with Crippen molar-refractivity contribution in [1.82, 2.24) is 0 Å². The average molecular weight is 211 g/mol. The van der Waals surface area contributed by atoms with Crippen molar-refractivity contribution in [2.24, 2.45) is 5.73 Å².